The Morgan fingerprint density at radius 3 is 1.74 bits per heavy atom. The van der Waals surface area contributed by atoms with Gasteiger partial charge >= 0.3 is 37.1 Å². The molecule has 0 aliphatic heterocycles. The Morgan fingerprint density at radius 1 is 0.739 bits per heavy atom. The van der Waals surface area contributed by atoms with E-state index in [1.54, 1.807) is 6.20 Å². The molecule has 4 N–H and O–H groups in total. The van der Waals surface area contributed by atoms with Gasteiger partial charge in [-0.2, -0.15) is 17.2 Å². The van der Waals surface area contributed by atoms with Crippen molar-refractivity contribution in [2.75, 3.05) is 14.2 Å². The number of nitrogens with zero attached hydrogens (tertiary/aromatic N) is 2. The molecule has 2 radical (unpaired) electrons. The van der Waals surface area contributed by atoms with Gasteiger partial charge in [-0.05, 0) is 52.4 Å². The summed E-state index contributed by atoms with van der Waals surface area (Å²) in [6.07, 6.45) is -0.370. The number of ether oxygens (including phenoxy) is 2. The SMILES string of the molecule is COC([NH-])=O.COC([NH-])=O.O=[C-]Pc1ncc(C#Cc2ccc(-c3ccc(-c4ccc5nc(P[C-]=O)[nH]c5c4)cc3)cc2)[nH]1.[V+2].[V+2]. The molecule has 2 unspecified atom stereocenters. The normalized spacial score (nSPS) is 9.78. The van der Waals surface area contributed by atoms with E-state index in [2.05, 4.69) is 65.5 Å². The van der Waals surface area contributed by atoms with Crippen molar-refractivity contribution in [3.05, 3.63) is 95.7 Å². The maximum Gasteiger partial charge on any atom is 2.00 e. The Balaban J connectivity index is 0.000000773. The summed E-state index contributed by atoms with van der Waals surface area (Å²) in [6, 6.07) is 26.2. The summed E-state index contributed by atoms with van der Waals surface area (Å²) in [5.41, 5.74) is 20.9. The summed E-state index contributed by atoms with van der Waals surface area (Å²) < 4.78 is 7.56. The minimum atomic E-state index is -0.995. The Labute approximate surface area is 291 Å². The van der Waals surface area contributed by atoms with Crippen LogP contribution in [0.3, 0.4) is 0 Å². The van der Waals surface area contributed by atoms with Crippen LogP contribution >= 0.6 is 17.2 Å². The van der Waals surface area contributed by atoms with Crippen molar-refractivity contribution in [3.8, 4) is 34.1 Å². The summed E-state index contributed by atoms with van der Waals surface area (Å²) in [5.74, 6) is 6.13. The Morgan fingerprint density at radius 2 is 1.22 bits per heavy atom. The maximum atomic E-state index is 10.6. The first-order chi connectivity index (χ1) is 21.3. The number of nitrogens with one attached hydrogen (secondary N) is 4. The second kappa shape index (κ2) is 20.8. The number of H-pyrrole nitrogens is 2. The van der Waals surface area contributed by atoms with Crippen molar-refractivity contribution >= 4 is 63.6 Å². The number of rotatable bonds is 6. The largest absolute Gasteiger partial charge is 2.00 e. The number of imidazole rings is 2. The van der Waals surface area contributed by atoms with E-state index in [0.29, 0.717) is 16.8 Å². The summed E-state index contributed by atoms with van der Waals surface area (Å²) in [6.45, 7) is 0. The van der Waals surface area contributed by atoms with Gasteiger partial charge in [0.15, 0.2) is 0 Å². The second-order valence-corrected chi connectivity index (χ2v) is 10.2. The summed E-state index contributed by atoms with van der Waals surface area (Å²) in [7, 11) is 2.12. The van der Waals surface area contributed by atoms with E-state index in [1.807, 2.05) is 54.5 Å². The zero-order valence-electron chi connectivity index (χ0n) is 24.2. The number of carbonyl (C=O) groups is 2. The second-order valence-electron chi connectivity index (χ2n) is 8.30. The molecular formula is C30H24N6O6P2V2. The molecule has 2 amide bonds. The van der Waals surface area contributed by atoms with E-state index in [4.69, 9.17) is 11.5 Å². The zero-order valence-corrected chi connectivity index (χ0v) is 29.0. The van der Waals surface area contributed by atoms with Crippen LogP contribution in [0.15, 0.2) is 72.9 Å². The number of hydrogen-bond donors (Lipinski definition) is 2. The van der Waals surface area contributed by atoms with Crippen molar-refractivity contribution in [3.63, 3.8) is 0 Å². The third-order valence-corrected chi connectivity index (χ3v) is 6.71. The van der Waals surface area contributed by atoms with Crippen molar-refractivity contribution in [1.29, 1.82) is 0 Å². The fourth-order valence-electron chi connectivity index (χ4n) is 3.53. The van der Waals surface area contributed by atoms with Gasteiger partial charge in [0.05, 0.1) is 42.6 Å². The van der Waals surface area contributed by atoms with Crippen molar-refractivity contribution < 1.29 is 65.8 Å². The fourth-order valence-corrected chi connectivity index (χ4v) is 4.43. The maximum absolute atomic E-state index is 10.6. The van der Waals surface area contributed by atoms with Crippen LogP contribution in [0.4, 0.5) is 9.59 Å². The molecule has 2 heterocycles. The third kappa shape index (κ3) is 12.7. The van der Waals surface area contributed by atoms with E-state index in [-0.39, 0.29) is 54.3 Å². The molecule has 0 saturated carbocycles. The molecule has 2 aromatic heterocycles. The standard InChI is InChI=1S/C26H16N4O2P2.2C2H5NO2.2V/c31-15-33-25-27-14-22(28-25)11-3-17-1-4-18(5-2-17)19-6-8-20(9-7-19)21-10-12-23-24(13-21)30-26(29-23)34-16-32;2*1-5-2(3)4;;/h1-2,4-10,12-14,33-34H,(H,27,28)(H,29,30);2*1H3,(H2,3,4);;/q-2;;;2*+2/p-2. The van der Waals surface area contributed by atoms with Gasteiger partial charge in [0.1, 0.15) is 5.69 Å². The molecule has 16 heteroatoms. The van der Waals surface area contributed by atoms with E-state index >= 15 is 0 Å². The van der Waals surface area contributed by atoms with Gasteiger partial charge in [0.25, 0.3) is 0 Å². The van der Waals surface area contributed by atoms with Crippen LogP contribution in [0.1, 0.15) is 11.3 Å². The van der Waals surface area contributed by atoms with Gasteiger partial charge in [-0.3, -0.25) is 9.59 Å². The quantitative estimate of drug-likeness (QED) is 0.133. The Bertz CT molecular complexity index is 1790. The van der Waals surface area contributed by atoms with E-state index in [1.165, 1.54) is 0 Å². The van der Waals surface area contributed by atoms with Crippen LogP contribution in [0.2, 0.25) is 0 Å². The topological polar surface area (TPSA) is 192 Å². The summed E-state index contributed by atoms with van der Waals surface area (Å²) >= 11 is 0. The van der Waals surface area contributed by atoms with Gasteiger partial charge in [0.2, 0.25) is 12.2 Å². The van der Waals surface area contributed by atoms with E-state index in [9.17, 15) is 19.2 Å². The Kier molecular flexibility index (Phi) is 18.0. The molecule has 46 heavy (non-hydrogen) atoms. The Hall–Kier alpha value is -4.19. The monoisotopic (exact) mass is 728 g/mol. The first-order valence-corrected chi connectivity index (χ1v) is 14.4. The molecule has 230 valence electrons. The average Bonchev–Trinajstić information content (AvgIpc) is 3.67. The van der Waals surface area contributed by atoms with Gasteiger partial charge in [-0.25, -0.2) is 22.0 Å². The number of benzene rings is 3. The number of methoxy groups -OCH3 is 2. The van der Waals surface area contributed by atoms with Gasteiger partial charge in [0, 0.05) is 5.56 Å². The number of aromatic amines is 2. The first kappa shape index (κ1) is 39.8. The molecule has 0 fully saturated rings. The predicted octanol–water partition coefficient (Wildman–Crippen LogP) is 5.37. The van der Waals surface area contributed by atoms with Crippen LogP contribution in [0, 0.1) is 11.8 Å². The van der Waals surface area contributed by atoms with Gasteiger partial charge < -0.3 is 40.5 Å². The zero-order chi connectivity index (χ0) is 31.9. The summed E-state index contributed by atoms with van der Waals surface area (Å²) in [5, 5.41) is 0. The van der Waals surface area contributed by atoms with E-state index in [0.717, 1.165) is 53.1 Å². The van der Waals surface area contributed by atoms with Crippen LogP contribution < -0.4 is 11.1 Å². The minimum absolute atomic E-state index is 0. The van der Waals surface area contributed by atoms with Crippen LogP contribution in [-0.4, -0.2) is 58.4 Å². The molecule has 0 saturated heterocycles. The summed E-state index contributed by atoms with van der Waals surface area (Å²) in [4.78, 5) is 54.3. The number of aromatic nitrogens is 4. The first-order valence-electron chi connectivity index (χ1n) is 12.4. The molecule has 12 nitrogen and oxygen atoms in total. The number of amides is 2. The number of fused-ring (bicyclic) bond motifs is 1. The molecule has 5 rings (SSSR count). The molecule has 0 aliphatic rings. The molecule has 0 aliphatic carbocycles. The van der Waals surface area contributed by atoms with Gasteiger partial charge in [-0.15, -0.1) is 0 Å². The number of carbonyl (C=O) groups excluding carboxylic acids is 4. The molecule has 3 aromatic carbocycles. The molecular weight excluding hydrogens is 704 g/mol. The number of hydrogen-bond acceptors (Lipinski definition) is 8. The molecule has 0 spiro atoms. The fraction of sp³-hybridized carbons (Fsp3) is 0.0667. The average molecular weight is 728 g/mol. The molecule has 5 aromatic rings. The van der Waals surface area contributed by atoms with Crippen molar-refractivity contribution in [1.82, 2.24) is 19.9 Å². The van der Waals surface area contributed by atoms with Crippen LogP contribution in [0.25, 0.3) is 44.8 Å². The van der Waals surface area contributed by atoms with Crippen LogP contribution in [-0.2, 0) is 56.2 Å². The van der Waals surface area contributed by atoms with Crippen molar-refractivity contribution in [2.24, 2.45) is 0 Å². The van der Waals surface area contributed by atoms with Crippen molar-refractivity contribution in [2.45, 2.75) is 0 Å². The minimum Gasteiger partial charge on any atom is -0.632 e. The smallest absolute Gasteiger partial charge is 0.632 e. The van der Waals surface area contributed by atoms with E-state index < -0.39 is 12.2 Å². The van der Waals surface area contributed by atoms with Crippen LogP contribution in [0.5, 0.6) is 0 Å². The van der Waals surface area contributed by atoms with Gasteiger partial charge in [-0.1, -0.05) is 48.4 Å². The predicted molar refractivity (Wildman–Crippen MR) is 172 cm³/mol. The molecule has 2 atom stereocenters. The third-order valence-electron chi connectivity index (χ3n) is 5.55. The molecule has 0 bridgehead atoms.